The van der Waals surface area contributed by atoms with Crippen LogP contribution < -0.4 is 0 Å². The predicted octanol–water partition coefficient (Wildman–Crippen LogP) is 2.66. The van der Waals surface area contributed by atoms with Crippen molar-refractivity contribution >= 4 is 5.78 Å². The van der Waals surface area contributed by atoms with Crippen molar-refractivity contribution in [3.63, 3.8) is 0 Å². The predicted molar refractivity (Wildman–Crippen MR) is 62.4 cm³/mol. The molecule has 0 spiro atoms. The fourth-order valence-corrected chi connectivity index (χ4v) is 1.60. The van der Waals surface area contributed by atoms with Gasteiger partial charge in [-0.1, -0.05) is 25.1 Å². The maximum Gasteiger partial charge on any atom is 0.165 e. The molecule has 0 saturated carbocycles. The molecule has 1 aromatic heterocycles. The number of halogens is 1. The summed E-state index contributed by atoms with van der Waals surface area (Å²) < 4.78 is 15.0. The minimum absolute atomic E-state index is 0.0461. The van der Waals surface area contributed by atoms with Gasteiger partial charge in [0, 0.05) is 18.2 Å². The number of benzene rings is 1. The van der Waals surface area contributed by atoms with Crippen molar-refractivity contribution in [3.8, 4) is 0 Å². The normalized spacial score (nSPS) is 10.5. The Balaban J connectivity index is 2.17. The maximum absolute atomic E-state index is 13.4. The van der Waals surface area contributed by atoms with Gasteiger partial charge in [0.1, 0.15) is 5.82 Å². The van der Waals surface area contributed by atoms with Crippen LogP contribution in [0.15, 0.2) is 36.7 Å². The van der Waals surface area contributed by atoms with Crippen molar-refractivity contribution in [2.24, 2.45) is 0 Å². The smallest absolute Gasteiger partial charge is 0.165 e. The van der Waals surface area contributed by atoms with Gasteiger partial charge >= 0.3 is 0 Å². The van der Waals surface area contributed by atoms with Crippen LogP contribution in [-0.4, -0.2) is 15.6 Å². The van der Waals surface area contributed by atoms with Crippen molar-refractivity contribution in [3.05, 3.63) is 53.6 Å². The molecule has 2 aromatic rings. The maximum atomic E-state index is 13.4. The van der Waals surface area contributed by atoms with E-state index >= 15 is 0 Å². The number of hydrogen-bond donors (Lipinski definition) is 0. The van der Waals surface area contributed by atoms with Crippen LogP contribution in [0.5, 0.6) is 0 Å². The van der Waals surface area contributed by atoms with Crippen molar-refractivity contribution in [2.75, 3.05) is 0 Å². The van der Waals surface area contributed by atoms with Crippen molar-refractivity contribution < 1.29 is 9.18 Å². The van der Waals surface area contributed by atoms with Gasteiger partial charge < -0.3 is 0 Å². The number of ketones is 1. The first-order valence-corrected chi connectivity index (χ1v) is 5.49. The van der Waals surface area contributed by atoms with Gasteiger partial charge in [-0.15, -0.1) is 0 Å². The summed E-state index contributed by atoms with van der Waals surface area (Å²) in [6, 6.07) is 6.54. The lowest BCUT2D eigenvalue weighted by Gasteiger charge is -2.02. The fourth-order valence-electron chi connectivity index (χ4n) is 1.60. The molecule has 0 N–H and O–H groups in total. The van der Waals surface area contributed by atoms with E-state index in [1.54, 1.807) is 36.0 Å². The molecule has 0 bridgehead atoms. The first-order chi connectivity index (χ1) is 8.20. The average Bonchev–Trinajstić information content (AvgIpc) is 2.80. The number of Topliss-reactive ketones (excluding diaryl/α,β-unsaturated/α-hetero) is 1. The highest BCUT2D eigenvalue weighted by Crippen LogP contribution is 2.09. The first-order valence-electron chi connectivity index (χ1n) is 5.49. The van der Waals surface area contributed by atoms with Crippen molar-refractivity contribution in [1.29, 1.82) is 0 Å². The third kappa shape index (κ3) is 2.58. The minimum atomic E-state index is -0.258. The number of hydrogen-bond acceptors (Lipinski definition) is 2. The van der Waals surface area contributed by atoms with Crippen molar-refractivity contribution in [1.82, 2.24) is 9.78 Å². The zero-order valence-corrected chi connectivity index (χ0v) is 9.56. The molecule has 4 heteroatoms. The topological polar surface area (TPSA) is 34.9 Å². The van der Waals surface area contributed by atoms with E-state index in [9.17, 15) is 9.18 Å². The Morgan fingerprint density at radius 3 is 2.88 bits per heavy atom. The molecule has 0 amide bonds. The van der Waals surface area contributed by atoms with E-state index in [4.69, 9.17) is 0 Å². The molecule has 0 radical (unpaired) electrons. The summed E-state index contributed by atoms with van der Waals surface area (Å²) in [4.78, 5) is 11.4. The summed E-state index contributed by atoms with van der Waals surface area (Å²) in [6.07, 6.45) is 3.62. The van der Waals surface area contributed by atoms with Gasteiger partial charge in [-0.25, -0.2) is 4.39 Å². The molecule has 0 atom stereocenters. The molecule has 2 rings (SSSR count). The molecular weight excluding hydrogens is 219 g/mol. The highest BCUT2D eigenvalue weighted by molar-refractivity contribution is 5.95. The van der Waals surface area contributed by atoms with Gasteiger partial charge in [-0.3, -0.25) is 9.48 Å². The Morgan fingerprint density at radius 2 is 2.18 bits per heavy atom. The summed E-state index contributed by atoms with van der Waals surface area (Å²) in [6.45, 7) is 2.14. The summed E-state index contributed by atoms with van der Waals surface area (Å²) >= 11 is 0. The molecule has 0 unspecified atom stereocenters. The molecule has 1 aromatic carbocycles. The Bertz CT molecular complexity index is 534. The minimum Gasteiger partial charge on any atom is -0.294 e. The third-order valence-corrected chi connectivity index (χ3v) is 2.57. The lowest BCUT2D eigenvalue weighted by Crippen LogP contribution is -2.02. The van der Waals surface area contributed by atoms with Crippen LogP contribution in [0.4, 0.5) is 4.39 Å². The molecule has 0 aliphatic carbocycles. The second-order valence-corrected chi connectivity index (χ2v) is 3.79. The standard InChI is InChI=1S/C13H13FN2O/c1-2-13(17)11-7-15-16(9-11)8-10-5-3-4-6-12(10)14/h3-7,9H,2,8H2,1H3. The number of aromatic nitrogens is 2. The van der Waals surface area contributed by atoms with E-state index in [2.05, 4.69) is 5.10 Å². The van der Waals surface area contributed by atoms with Crippen LogP contribution in [0.2, 0.25) is 0 Å². The number of carbonyl (C=O) groups is 1. The molecule has 17 heavy (non-hydrogen) atoms. The van der Waals surface area contributed by atoms with Gasteiger partial charge in [-0.2, -0.15) is 5.10 Å². The summed E-state index contributed by atoms with van der Waals surface area (Å²) in [5.74, 6) is -0.212. The zero-order valence-electron chi connectivity index (χ0n) is 9.56. The van der Waals surface area contributed by atoms with E-state index in [1.165, 1.54) is 12.3 Å². The van der Waals surface area contributed by atoms with Gasteiger partial charge in [0.15, 0.2) is 5.78 Å². The summed E-state index contributed by atoms with van der Waals surface area (Å²) in [5, 5.41) is 4.05. The lowest BCUT2D eigenvalue weighted by atomic mass is 10.2. The lowest BCUT2D eigenvalue weighted by molar-refractivity contribution is 0.0988. The average molecular weight is 232 g/mol. The second kappa shape index (κ2) is 4.91. The molecule has 0 aliphatic rings. The highest BCUT2D eigenvalue weighted by atomic mass is 19.1. The van der Waals surface area contributed by atoms with Crippen LogP contribution in [-0.2, 0) is 6.54 Å². The molecule has 1 heterocycles. The number of rotatable bonds is 4. The number of nitrogens with zero attached hydrogens (tertiary/aromatic N) is 2. The van der Waals surface area contributed by atoms with Gasteiger partial charge in [0.2, 0.25) is 0 Å². The molecule has 88 valence electrons. The SMILES string of the molecule is CCC(=O)c1cnn(Cc2ccccc2F)c1. The Kier molecular flexibility index (Phi) is 3.32. The third-order valence-electron chi connectivity index (χ3n) is 2.57. The van der Waals surface area contributed by atoms with Crippen LogP contribution >= 0.6 is 0 Å². The second-order valence-electron chi connectivity index (χ2n) is 3.79. The monoisotopic (exact) mass is 232 g/mol. The quantitative estimate of drug-likeness (QED) is 0.759. The van der Waals surface area contributed by atoms with E-state index in [0.717, 1.165) is 0 Å². The van der Waals surface area contributed by atoms with Gasteiger partial charge in [0.05, 0.1) is 18.3 Å². The fraction of sp³-hybridized carbons (Fsp3) is 0.231. The Morgan fingerprint density at radius 1 is 1.41 bits per heavy atom. The Hall–Kier alpha value is -1.97. The molecular formula is C13H13FN2O. The highest BCUT2D eigenvalue weighted by Gasteiger charge is 2.07. The van der Waals surface area contributed by atoms with Gasteiger partial charge in [0.25, 0.3) is 0 Å². The van der Waals surface area contributed by atoms with Crippen molar-refractivity contribution in [2.45, 2.75) is 19.9 Å². The van der Waals surface area contributed by atoms with E-state index in [1.807, 2.05) is 0 Å². The summed E-state index contributed by atoms with van der Waals surface area (Å²) in [5.41, 5.74) is 1.13. The molecule has 0 saturated heterocycles. The number of carbonyl (C=O) groups excluding carboxylic acids is 1. The van der Waals surface area contributed by atoms with E-state index < -0.39 is 0 Å². The summed E-state index contributed by atoms with van der Waals surface area (Å²) in [7, 11) is 0. The van der Waals surface area contributed by atoms with Crippen LogP contribution in [0.3, 0.4) is 0 Å². The molecule has 0 aliphatic heterocycles. The first kappa shape index (κ1) is 11.5. The van der Waals surface area contributed by atoms with Crippen LogP contribution in [0, 0.1) is 5.82 Å². The molecule has 0 fully saturated rings. The largest absolute Gasteiger partial charge is 0.294 e. The molecule has 3 nitrogen and oxygen atoms in total. The van der Waals surface area contributed by atoms with E-state index in [-0.39, 0.29) is 11.6 Å². The van der Waals surface area contributed by atoms with E-state index in [0.29, 0.717) is 24.1 Å². The zero-order chi connectivity index (χ0) is 12.3. The van der Waals surface area contributed by atoms with Crippen LogP contribution in [0.1, 0.15) is 29.3 Å². The Labute approximate surface area is 98.9 Å². The van der Waals surface area contributed by atoms with Crippen LogP contribution in [0.25, 0.3) is 0 Å². The van der Waals surface area contributed by atoms with Gasteiger partial charge in [-0.05, 0) is 6.07 Å².